The SMILES string of the molecule is CC[C@@H]1CCCN(S(=O)(=O)c2c(Cl)cccc2C#N)C1. The summed E-state index contributed by atoms with van der Waals surface area (Å²) in [6, 6.07) is 6.50. The van der Waals surface area contributed by atoms with Crippen LogP contribution >= 0.6 is 11.6 Å². The molecule has 0 amide bonds. The topological polar surface area (TPSA) is 61.2 Å². The van der Waals surface area contributed by atoms with Crippen molar-refractivity contribution in [2.45, 2.75) is 31.1 Å². The first-order valence-electron chi connectivity index (χ1n) is 6.69. The standard InChI is InChI=1S/C14H17ClN2O2S/c1-2-11-5-4-8-17(10-11)20(18,19)14-12(9-16)6-3-7-13(14)15/h3,6-7,11H,2,4-5,8,10H2,1H3/t11-/m1/s1. The molecule has 108 valence electrons. The van der Waals surface area contributed by atoms with Gasteiger partial charge in [-0.25, -0.2) is 8.42 Å². The molecule has 0 saturated carbocycles. The van der Waals surface area contributed by atoms with Crippen LogP contribution in [0.3, 0.4) is 0 Å². The van der Waals surface area contributed by atoms with Crippen molar-refractivity contribution in [3.63, 3.8) is 0 Å². The molecule has 4 nitrogen and oxygen atoms in total. The van der Waals surface area contributed by atoms with Gasteiger partial charge in [0.1, 0.15) is 11.0 Å². The first-order chi connectivity index (χ1) is 9.50. The molecular formula is C14H17ClN2O2S. The molecular weight excluding hydrogens is 296 g/mol. The summed E-state index contributed by atoms with van der Waals surface area (Å²) in [5.41, 5.74) is 0.108. The molecule has 20 heavy (non-hydrogen) atoms. The molecule has 0 radical (unpaired) electrons. The van der Waals surface area contributed by atoms with E-state index in [0.717, 1.165) is 19.3 Å². The minimum Gasteiger partial charge on any atom is -0.207 e. The Balaban J connectivity index is 2.43. The number of halogens is 1. The van der Waals surface area contributed by atoms with Crippen LogP contribution in [0.1, 0.15) is 31.7 Å². The minimum atomic E-state index is -3.70. The number of nitrogens with zero attached hydrogens (tertiary/aromatic N) is 2. The fraction of sp³-hybridized carbons (Fsp3) is 0.500. The molecule has 1 heterocycles. The van der Waals surface area contributed by atoms with Gasteiger partial charge < -0.3 is 0 Å². The highest BCUT2D eigenvalue weighted by molar-refractivity contribution is 7.89. The maximum atomic E-state index is 12.7. The van der Waals surface area contributed by atoms with E-state index < -0.39 is 10.0 Å². The van der Waals surface area contributed by atoms with E-state index in [1.807, 2.05) is 6.07 Å². The van der Waals surface area contributed by atoms with Crippen molar-refractivity contribution < 1.29 is 8.42 Å². The fourth-order valence-corrected chi connectivity index (χ4v) is 4.77. The van der Waals surface area contributed by atoms with Crippen LogP contribution in [0.15, 0.2) is 23.1 Å². The van der Waals surface area contributed by atoms with Crippen molar-refractivity contribution in [2.75, 3.05) is 13.1 Å². The molecule has 1 aliphatic rings. The van der Waals surface area contributed by atoms with Crippen LogP contribution in [-0.2, 0) is 10.0 Å². The third-order valence-electron chi connectivity index (χ3n) is 3.74. The first kappa shape index (κ1) is 15.3. The Morgan fingerprint density at radius 3 is 2.90 bits per heavy atom. The highest BCUT2D eigenvalue weighted by atomic mass is 35.5. The average molecular weight is 313 g/mol. The summed E-state index contributed by atoms with van der Waals surface area (Å²) in [6.45, 7) is 3.07. The van der Waals surface area contributed by atoms with E-state index in [1.54, 1.807) is 6.07 Å². The molecule has 1 aromatic carbocycles. The normalized spacial score (nSPS) is 20.6. The van der Waals surface area contributed by atoms with Crippen molar-refractivity contribution in [3.8, 4) is 6.07 Å². The fourth-order valence-electron chi connectivity index (χ4n) is 2.57. The lowest BCUT2D eigenvalue weighted by molar-refractivity contribution is 0.261. The zero-order chi connectivity index (χ0) is 14.8. The Morgan fingerprint density at radius 1 is 1.50 bits per heavy atom. The molecule has 1 saturated heterocycles. The van der Waals surface area contributed by atoms with Crippen molar-refractivity contribution in [1.29, 1.82) is 5.26 Å². The molecule has 2 rings (SSSR count). The van der Waals surface area contributed by atoms with Crippen molar-refractivity contribution in [2.24, 2.45) is 5.92 Å². The maximum absolute atomic E-state index is 12.7. The van der Waals surface area contributed by atoms with Crippen LogP contribution in [0, 0.1) is 17.2 Å². The summed E-state index contributed by atoms with van der Waals surface area (Å²) in [5.74, 6) is 0.381. The van der Waals surface area contributed by atoms with E-state index in [2.05, 4.69) is 6.92 Å². The van der Waals surface area contributed by atoms with Crippen molar-refractivity contribution in [3.05, 3.63) is 28.8 Å². The summed E-state index contributed by atoms with van der Waals surface area (Å²) < 4.78 is 26.9. The smallest absolute Gasteiger partial charge is 0.207 e. The predicted octanol–water partition coefficient (Wildman–Crippen LogP) is 3.02. The Morgan fingerprint density at radius 2 is 2.25 bits per heavy atom. The van der Waals surface area contributed by atoms with Crippen LogP contribution in [-0.4, -0.2) is 25.8 Å². The monoisotopic (exact) mass is 312 g/mol. The van der Waals surface area contributed by atoms with Crippen LogP contribution in [0.2, 0.25) is 5.02 Å². The molecule has 0 spiro atoms. The third-order valence-corrected chi connectivity index (χ3v) is 6.14. The molecule has 0 bridgehead atoms. The van der Waals surface area contributed by atoms with Gasteiger partial charge in [0.05, 0.1) is 10.6 Å². The zero-order valence-corrected chi connectivity index (χ0v) is 12.9. The number of rotatable bonds is 3. The summed E-state index contributed by atoms with van der Waals surface area (Å²) in [6.07, 6.45) is 2.86. The lowest BCUT2D eigenvalue weighted by atomic mass is 9.97. The van der Waals surface area contributed by atoms with E-state index >= 15 is 0 Å². The highest BCUT2D eigenvalue weighted by Crippen LogP contribution is 2.31. The second-order valence-electron chi connectivity index (χ2n) is 5.01. The van der Waals surface area contributed by atoms with Gasteiger partial charge in [-0.1, -0.05) is 31.0 Å². The Labute approximate surface area is 125 Å². The van der Waals surface area contributed by atoms with E-state index in [1.165, 1.54) is 16.4 Å². The third kappa shape index (κ3) is 2.83. The van der Waals surface area contributed by atoms with Gasteiger partial charge in [-0.2, -0.15) is 9.57 Å². The van der Waals surface area contributed by atoms with Crippen LogP contribution in [0.5, 0.6) is 0 Å². The second kappa shape index (κ2) is 6.13. The summed E-state index contributed by atoms with van der Waals surface area (Å²) in [7, 11) is -3.70. The van der Waals surface area contributed by atoms with Gasteiger partial charge in [0.25, 0.3) is 0 Å². The highest BCUT2D eigenvalue weighted by Gasteiger charge is 2.32. The number of piperidine rings is 1. The molecule has 1 fully saturated rings. The van der Waals surface area contributed by atoms with Gasteiger partial charge in [-0.15, -0.1) is 0 Å². The molecule has 1 aliphatic heterocycles. The Kier molecular flexibility index (Phi) is 4.69. The summed E-state index contributed by atoms with van der Waals surface area (Å²) >= 11 is 6.03. The van der Waals surface area contributed by atoms with Crippen molar-refractivity contribution >= 4 is 21.6 Å². The van der Waals surface area contributed by atoms with Gasteiger partial charge in [-0.05, 0) is 30.9 Å². The molecule has 1 atom stereocenters. The summed E-state index contributed by atoms with van der Waals surface area (Å²) in [5, 5.41) is 9.22. The van der Waals surface area contributed by atoms with Crippen LogP contribution in [0.25, 0.3) is 0 Å². The molecule has 0 aromatic heterocycles. The van der Waals surface area contributed by atoms with Gasteiger partial charge in [0.15, 0.2) is 0 Å². The van der Waals surface area contributed by atoms with Gasteiger partial charge in [-0.3, -0.25) is 0 Å². The van der Waals surface area contributed by atoms with Gasteiger partial charge in [0, 0.05) is 13.1 Å². The second-order valence-corrected chi connectivity index (χ2v) is 7.29. The average Bonchev–Trinajstić information content (AvgIpc) is 2.46. The Hall–Kier alpha value is -1.09. The van der Waals surface area contributed by atoms with E-state index in [-0.39, 0.29) is 15.5 Å². The van der Waals surface area contributed by atoms with Gasteiger partial charge in [0.2, 0.25) is 10.0 Å². The van der Waals surface area contributed by atoms with Crippen LogP contribution < -0.4 is 0 Å². The molecule has 6 heteroatoms. The summed E-state index contributed by atoms with van der Waals surface area (Å²) in [4.78, 5) is -0.0547. The maximum Gasteiger partial charge on any atom is 0.245 e. The largest absolute Gasteiger partial charge is 0.245 e. The quantitative estimate of drug-likeness (QED) is 0.862. The molecule has 1 aromatic rings. The number of nitriles is 1. The number of sulfonamides is 1. The van der Waals surface area contributed by atoms with E-state index in [0.29, 0.717) is 19.0 Å². The van der Waals surface area contributed by atoms with Crippen molar-refractivity contribution in [1.82, 2.24) is 4.31 Å². The van der Waals surface area contributed by atoms with Crippen LogP contribution in [0.4, 0.5) is 0 Å². The lowest BCUT2D eigenvalue weighted by Crippen LogP contribution is -2.40. The molecule has 0 N–H and O–H groups in total. The Bertz CT molecular complexity index is 637. The number of hydrogen-bond acceptors (Lipinski definition) is 3. The number of hydrogen-bond donors (Lipinski definition) is 0. The minimum absolute atomic E-state index is 0.0547. The molecule has 0 unspecified atom stereocenters. The molecule has 0 aliphatic carbocycles. The number of benzene rings is 1. The van der Waals surface area contributed by atoms with E-state index in [4.69, 9.17) is 16.9 Å². The predicted molar refractivity (Wildman–Crippen MR) is 77.9 cm³/mol. The van der Waals surface area contributed by atoms with E-state index in [9.17, 15) is 8.42 Å². The van der Waals surface area contributed by atoms with Gasteiger partial charge >= 0.3 is 0 Å². The zero-order valence-electron chi connectivity index (χ0n) is 11.3. The lowest BCUT2D eigenvalue weighted by Gasteiger charge is -2.31. The first-order valence-corrected chi connectivity index (χ1v) is 8.51.